The molecule has 1 aromatic rings. The molecule has 8 heteroatoms. The SMILES string of the molecule is CNS(=O)(=O)c1ccc(NC(=S)NC(C)=O)c(C)c1. The fraction of sp³-hybridized carbons (Fsp3) is 0.273. The first kappa shape index (κ1) is 15.5. The third kappa shape index (κ3) is 4.27. The van der Waals surface area contributed by atoms with Crippen LogP contribution < -0.4 is 15.4 Å². The van der Waals surface area contributed by atoms with Gasteiger partial charge in [-0.05, 0) is 50.0 Å². The van der Waals surface area contributed by atoms with Gasteiger partial charge in [0.1, 0.15) is 0 Å². The van der Waals surface area contributed by atoms with Gasteiger partial charge < -0.3 is 10.6 Å². The fourth-order valence-electron chi connectivity index (χ4n) is 1.37. The number of hydrogen-bond acceptors (Lipinski definition) is 4. The number of amides is 1. The lowest BCUT2D eigenvalue weighted by molar-refractivity contribution is -0.117. The van der Waals surface area contributed by atoms with E-state index in [0.717, 1.165) is 0 Å². The zero-order valence-electron chi connectivity index (χ0n) is 10.8. The topological polar surface area (TPSA) is 87.3 Å². The van der Waals surface area contributed by atoms with Crippen molar-refractivity contribution in [2.24, 2.45) is 0 Å². The minimum atomic E-state index is -3.47. The Morgan fingerprint density at radius 2 is 1.95 bits per heavy atom. The van der Waals surface area contributed by atoms with Gasteiger partial charge in [-0.25, -0.2) is 13.1 Å². The number of carbonyl (C=O) groups is 1. The highest BCUT2D eigenvalue weighted by molar-refractivity contribution is 7.89. The predicted molar refractivity (Wildman–Crippen MR) is 77.5 cm³/mol. The first-order valence-electron chi connectivity index (χ1n) is 5.39. The van der Waals surface area contributed by atoms with E-state index in [9.17, 15) is 13.2 Å². The Kier molecular flexibility index (Phi) is 4.98. The molecule has 0 saturated heterocycles. The Morgan fingerprint density at radius 3 is 2.42 bits per heavy atom. The van der Waals surface area contributed by atoms with Gasteiger partial charge in [-0.2, -0.15) is 0 Å². The van der Waals surface area contributed by atoms with E-state index in [0.29, 0.717) is 11.3 Å². The van der Waals surface area contributed by atoms with Gasteiger partial charge in [-0.3, -0.25) is 4.79 Å². The van der Waals surface area contributed by atoms with E-state index in [4.69, 9.17) is 12.2 Å². The minimum absolute atomic E-state index is 0.167. The highest BCUT2D eigenvalue weighted by Gasteiger charge is 2.12. The quantitative estimate of drug-likeness (QED) is 0.717. The predicted octanol–water partition coefficient (Wildman–Crippen LogP) is 0.736. The minimum Gasteiger partial charge on any atom is -0.332 e. The Labute approximate surface area is 117 Å². The van der Waals surface area contributed by atoms with Crippen molar-refractivity contribution in [1.82, 2.24) is 10.0 Å². The van der Waals surface area contributed by atoms with E-state index < -0.39 is 10.0 Å². The molecule has 1 amide bonds. The summed E-state index contributed by atoms with van der Waals surface area (Å²) in [7, 11) is -2.12. The molecule has 0 aromatic heterocycles. The van der Waals surface area contributed by atoms with Gasteiger partial charge in [0.05, 0.1) is 4.90 Å². The lowest BCUT2D eigenvalue weighted by Crippen LogP contribution is -2.32. The van der Waals surface area contributed by atoms with E-state index in [1.165, 1.54) is 26.1 Å². The zero-order valence-corrected chi connectivity index (χ0v) is 12.4. The summed E-state index contributed by atoms with van der Waals surface area (Å²) in [6.45, 7) is 3.09. The maximum absolute atomic E-state index is 11.6. The Hall–Kier alpha value is -1.51. The molecule has 0 aliphatic rings. The first-order chi connectivity index (χ1) is 8.76. The van der Waals surface area contributed by atoms with Crippen molar-refractivity contribution in [3.05, 3.63) is 23.8 Å². The van der Waals surface area contributed by atoms with Crippen molar-refractivity contribution in [3.8, 4) is 0 Å². The van der Waals surface area contributed by atoms with E-state index in [1.807, 2.05) is 0 Å². The number of aryl methyl sites for hydroxylation is 1. The molecule has 1 rings (SSSR count). The average Bonchev–Trinajstić information content (AvgIpc) is 2.30. The van der Waals surface area contributed by atoms with Crippen LogP contribution in [0.2, 0.25) is 0 Å². The standard InChI is InChI=1S/C11H15N3O3S2/c1-7-6-9(19(16,17)12-3)4-5-10(7)14-11(18)13-8(2)15/h4-6,12H,1-3H3,(H2,13,14,15,18). The second kappa shape index (κ2) is 6.09. The van der Waals surface area contributed by atoms with Crippen molar-refractivity contribution in [2.75, 3.05) is 12.4 Å². The molecule has 104 valence electrons. The van der Waals surface area contributed by atoms with E-state index in [1.54, 1.807) is 13.0 Å². The summed E-state index contributed by atoms with van der Waals surface area (Å²) in [5.74, 6) is -0.274. The maximum Gasteiger partial charge on any atom is 0.240 e. The molecule has 0 atom stereocenters. The number of anilines is 1. The van der Waals surface area contributed by atoms with Crippen LogP contribution in [0.25, 0.3) is 0 Å². The summed E-state index contributed by atoms with van der Waals surface area (Å²) < 4.78 is 25.5. The van der Waals surface area contributed by atoms with Crippen molar-refractivity contribution in [1.29, 1.82) is 0 Å². The van der Waals surface area contributed by atoms with Crippen LogP contribution in [0.15, 0.2) is 23.1 Å². The third-order valence-electron chi connectivity index (χ3n) is 2.31. The Bertz CT molecular complexity index is 612. The van der Waals surface area contributed by atoms with Gasteiger partial charge in [0.2, 0.25) is 15.9 Å². The summed E-state index contributed by atoms with van der Waals surface area (Å²) in [6.07, 6.45) is 0. The highest BCUT2D eigenvalue weighted by atomic mass is 32.2. The second-order valence-electron chi connectivity index (χ2n) is 3.82. The molecule has 6 nitrogen and oxygen atoms in total. The van der Waals surface area contributed by atoms with Gasteiger partial charge in [0.15, 0.2) is 5.11 Å². The van der Waals surface area contributed by atoms with Crippen molar-refractivity contribution in [3.63, 3.8) is 0 Å². The fourth-order valence-corrected chi connectivity index (χ4v) is 2.44. The number of thiocarbonyl (C=S) groups is 1. The smallest absolute Gasteiger partial charge is 0.240 e. The van der Waals surface area contributed by atoms with Crippen LogP contribution in [0, 0.1) is 6.92 Å². The summed E-state index contributed by atoms with van der Waals surface area (Å²) in [4.78, 5) is 11.0. The van der Waals surface area contributed by atoms with Gasteiger partial charge in [0, 0.05) is 12.6 Å². The molecule has 0 heterocycles. The molecule has 0 saturated carbocycles. The summed E-state index contributed by atoms with van der Waals surface area (Å²) >= 11 is 4.93. The van der Waals surface area contributed by atoms with E-state index in [2.05, 4.69) is 15.4 Å². The molecule has 1 aromatic carbocycles. The molecule has 0 aliphatic carbocycles. The maximum atomic E-state index is 11.6. The molecule has 0 unspecified atom stereocenters. The normalized spacial score (nSPS) is 10.9. The lowest BCUT2D eigenvalue weighted by Gasteiger charge is -2.12. The summed E-state index contributed by atoms with van der Waals surface area (Å²) in [5, 5.41) is 5.41. The summed E-state index contributed by atoms with van der Waals surface area (Å²) in [6, 6.07) is 4.57. The summed E-state index contributed by atoms with van der Waals surface area (Å²) in [5.41, 5.74) is 1.33. The number of hydrogen-bond donors (Lipinski definition) is 3. The molecule has 3 N–H and O–H groups in total. The number of rotatable bonds is 3. The van der Waals surface area contributed by atoms with Gasteiger partial charge >= 0.3 is 0 Å². The lowest BCUT2D eigenvalue weighted by atomic mass is 10.2. The second-order valence-corrected chi connectivity index (χ2v) is 6.11. The highest BCUT2D eigenvalue weighted by Crippen LogP contribution is 2.19. The average molecular weight is 301 g/mol. The number of nitrogens with one attached hydrogen (secondary N) is 3. The van der Waals surface area contributed by atoms with Crippen LogP contribution in [0.3, 0.4) is 0 Å². The first-order valence-corrected chi connectivity index (χ1v) is 7.28. The van der Waals surface area contributed by atoms with Gasteiger partial charge in [-0.15, -0.1) is 0 Å². The van der Waals surface area contributed by atoms with Crippen LogP contribution in [0.5, 0.6) is 0 Å². The number of sulfonamides is 1. The van der Waals surface area contributed by atoms with Crippen LogP contribution in [0.1, 0.15) is 12.5 Å². The molecule has 0 fully saturated rings. The molecule has 0 spiro atoms. The zero-order chi connectivity index (χ0) is 14.6. The Morgan fingerprint density at radius 1 is 1.32 bits per heavy atom. The molecule has 19 heavy (non-hydrogen) atoms. The van der Waals surface area contributed by atoms with Crippen LogP contribution in [0.4, 0.5) is 5.69 Å². The van der Waals surface area contributed by atoms with Gasteiger partial charge in [0.25, 0.3) is 0 Å². The van der Waals surface area contributed by atoms with E-state index >= 15 is 0 Å². The van der Waals surface area contributed by atoms with Crippen LogP contribution in [-0.2, 0) is 14.8 Å². The van der Waals surface area contributed by atoms with Crippen molar-refractivity contribution >= 4 is 38.9 Å². The Balaban J connectivity index is 2.96. The number of benzene rings is 1. The molecular weight excluding hydrogens is 286 g/mol. The molecule has 0 bridgehead atoms. The molecular formula is C11H15N3O3S2. The van der Waals surface area contributed by atoms with E-state index in [-0.39, 0.29) is 15.9 Å². The van der Waals surface area contributed by atoms with Crippen LogP contribution in [-0.4, -0.2) is 26.5 Å². The molecule has 0 aliphatic heterocycles. The van der Waals surface area contributed by atoms with Crippen LogP contribution >= 0.6 is 12.2 Å². The monoisotopic (exact) mass is 301 g/mol. The van der Waals surface area contributed by atoms with Crippen molar-refractivity contribution in [2.45, 2.75) is 18.7 Å². The van der Waals surface area contributed by atoms with Crippen molar-refractivity contribution < 1.29 is 13.2 Å². The number of carbonyl (C=O) groups excluding carboxylic acids is 1. The molecule has 0 radical (unpaired) electrons. The van der Waals surface area contributed by atoms with Gasteiger partial charge in [-0.1, -0.05) is 0 Å². The third-order valence-corrected chi connectivity index (χ3v) is 3.93. The largest absolute Gasteiger partial charge is 0.332 e.